The number of nitrogens with zero attached hydrogens (tertiary/aromatic N) is 3. The number of fused-ring (bicyclic) bond motifs is 13. The molecule has 0 unspecified atom stereocenters. The van der Waals surface area contributed by atoms with Gasteiger partial charge in [0, 0.05) is 32.9 Å². The summed E-state index contributed by atoms with van der Waals surface area (Å²) >= 11 is 0. The highest BCUT2D eigenvalue weighted by atomic mass is 15.3. The van der Waals surface area contributed by atoms with Gasteiger partial charge >= 0.3 is 0 Å². The summed E-state index contributed by atoms with van der Waals surface area (Å²) in [6.07, 6.45) is 0. The minimum atomic E-state index is -0.554. The van der Waals surface area contributed by atoms with E-state index in [9.17, 15) is 0 Å². The monoisotopic (exact) mass is 650 g/mol. The van der Waals surface area contributed by atoms with Crippen molar-refractivity contribution in [3.8, 4) is 33.6 Å². The van der Waals surface area contributed by atoms with Gasteiger partial charge in [0.15, 0.2) is 0 Å². The van der Waals surface area contributed by atoms with E-state index in [2.05, 4.69) is 174 Å². The van der Waals surface area contributed by atoms with E-state index in [-0.39, 0.29) is 0 Å². The summed E-state index contributed by atoms with van der Waals surface area (Å²) in [5, 5.41) is 2.52. The number of nitrogens with one attached hydrogen (secondary N) is 1. The topological polar surface area (TPSA) is 44.8 Å². The molecular formula is C47H30N4. The van der Waals surface area contributed by atoms with Crippen LogP contribution >= 0.6 is 0 Å². The number of hydrogen-bond acceptors (Lipinski definition) is 3. The van der Waals surface area contributed by atoms with Crippen LogP contribution in [0, 0.1) is 0 Å². The van der Waals surface area contributed by atoms with E-state index >= 15 is 0 Å². The molecule has 4 heteroatoms. The number of hydrogen-bond donors (Lipinski definition) is 1. The fraction of sp³-hybridized carbons (Fsp3) is 0.0213. The lowest BCUT2D eigenvalue weighted by Gasteiger charge is -2.44. The SMILES string of the molecule is c1ccc(-c2cc(-c3ccccc3)nc(N3c4ccccc4C4(c5ccccc5-c5c4ccc4[nH]c6ccccc6c54)c4ccccc43)n2)cc1. The predicted octanol–water partition coefficient (Wildman–Crippen LogP) is 11.6. The zero-order valence-corrected chi connectivity index (χ0v) is 27.6. The first-order valence-electron chi connectivity index (χ1n) is 17.4. The molecule has 1 spiro atoms. The Bertz CT molecular complexity index is 2710. The van der Waals surface area contributed by atoms with E-state index in [0.29, 0.717) is 5.95 Å². The molecule has 1 aliphatic carbocycles. The lowest BCUT2D eigenvalue weighted by molar-refractivity contribution is 0.750. The summed E-state index contributed by atoms with van der Waals surface area (Å²) in [7, 11) is 0. The van der Waals surface area contributed by atoms with Crippen molar-refractivity contribution in [1.29, 1.82) is 0 Å². The van der Waals surface area contributed by atoms with Gasteiger partial charge in [0.1, 0.15) is 0 Å². The molecule has 2 aliphatic rings. The summed E-state index contributed by atoms with van der Waals surface area (Å²) in [6, 6.07) is 62.9. The van der Waals surface area contributed by atoms with Gasteiger partial charge in [0.05, 0.1) is 28.2 Å². The maximum Gasteiger partial charge on any atom is 0.235 e. The van der Waals surface area contributed by atoms with Crippen molar-refractivity contribution in [2.24, 2.45) is 0 Å². The van der Waals surface area contributed by atoms with Gasteiger partial charge in [-0.05, 0) is 63.7 Å². The van der Waals surface area contributed by atoms with Gasteiger partial charge in [0.25, 0.3) is 0 Å². The molecule has 0 amide bonds. The van der Waals surface area contributed by atoms with Crippen LogP contribution in [0.25, 0.3) is 55.4 Å². The summed E-state index contributed by atoms with van der Waals surface area (Å²) in [4.78, 5) is 16.7. The number of aromatic amines is 1. The van der Waals surface area contributed by atoms with Crippen molar-refractivity contribution >= 4 is 39.1 Å². The van der Waals surface area contributed by atoms with Crippen LogP contribution in [-0.4, -0.2) is 15.0 Å². The molecule has 0 bridgehead atoms. The number of rotatable bonds is 3. The Morgan fingerprint density at radius 3 is 1.67 bits per heavy atom. The van der Waals surface area contributed by atoms with E-state index in [0.717, 1.165) is 44.9 Å². The van der Waals surface area contributed by atoms with E-state index in [1.54, 1.807) is 0 Å². The fourth-order valence-electron chi connectivity index (χ4n) is 8.80. The fourth-order valence-corrected chi connectivity index (χ4v) is 8.80. The highest BCUT2D eigenvalue weighted by Gasteiger charge is 2.52. The van der Waals surface area contributed by atoms with Gasteiger partial charge in [0.2, 0.25) is 5.95 Å². The van der Waals surface area contributed by atoms with Gasteiger partial charge in [-0.2, -0.15) is 0 Å². The van der Waals surface area contributed by atoms with Crippen molar-refractivity contribution in [3.05, 3.63) is 198 Å². The summed E-state index contributed by atoms with van der Waals surface area (Å²) in [6.45, 7) is 0. The smallest absolute Gasteiger partial charge is 0.235 e. The van der Waals surface area contributed by atoms with Crippen LogP contribution in [0.1, 0.15) is 22.3 Å². The zero-order chi connectivity index (χ0) is 33.5. The molecule has 11 rings (SSSR count). The lowest BCUT2D eigenvalue weighted by Crippen LogP contribution is -2.36. The third-order valence-electron chi connectivity index (χ3n) is 10.8. The van der Waals surface area contributed by atoms with Gasteiger partial charge < -0.3 is 4.98 Å². The van der Waals surface area contributed by atoms with Crippen molar-refractivity contribution in [3.63, 3.8) is 0 Å². The Morgan fingerprint density at radius 2 is 1.00 bits per heavy atom. The van der Waals surface area contributed by atoms with Gasteiger partial charge in [-0.3, -0.25) is 4.90 Å². The predicted molar refractivity (Wildman–Crippen MR) is 208 cm³/mol. The van der Waals surface area contributed by atoms with Crippen LogP contribution in [0.4, 0.5) is 17.3 Å². The summed E-state index contributed by atoms with van der Waals surface area (Å²) < 4.78 is 0. The van der Waals surface area contributed by atoms with Crippen molar-refractivity contribution in [1.82, 2.24) is 15.0 Å². The minimum Gasteiger partial charge on any atom is -0.354 e. The van der Waals surface area contributed by atoms with Crippen LogP contribution in [-0.2, 0) is 5.41 Å². The third-order valence-corrected chi connectivity index (χ3v) is 10.8. The summed E-state index contributed by atoms with van der Waals surface area (Å²) in [5.74, 6) is 0.642. The Hall–Kier alpha value is -6.78. The van der Waals surface area contributed by atoms with E-state index in [1.165, 1.54) is 44.2 Å². The molecular weight excluding hydrogens is 621 g/mol. The van der Waals surface area contributed by atoms with Gasteiger partial charge in [-0.25, -0.2) is 9.97 Å². The Morgan fingerprint density at radius 1 is 0.451 bits per heavy atom. The van der Waals surface area contributed by atoms with Crippen LogP contribution in [0.2, 0.25) is 0 Å². The third kappa shape index (κ3) is 3.84. The normalized spacial score (nSPS) is 13.6. The van der Waals surface area contributed by atoms with Crippen molar-refractivity contribution in [2.45, 2.75) is 5.41 Å². The largest absolute Gasteiger partial charge is 0.354 e. The molecule has 51 heavy (non-hydrogen) atoms. The molecule has 238 valence electrons. The van der Waals surface area contributed by atoms with Crippen molar-refractivity contribution in [2.75, 3.05) is 4.90 Å². The molecule has 3 heterocycles. The first kappa shape index (κ1) is 28.1. The number of para-hydroxylation sites is 3. The number of anilines is 3. The maximum atomic E-state index is 5.33. The first-order valence-corrected chi connectivity index (χ1v) is 17.4. The molecule has 0 fully saturated rings. The second-order valence-corrected chi connectivity index (χ2v) is 13.4. The van der Waals surface area contributed by atoms with Crippen molar-refractivity contribution < 1.29 is 0 Å². The lowest BCUT2D eigenvalue weighted by atomic mass is 9.64. The van der Waals surface area contributed by atoms with Gasteiger partial charge in [-0.1, -0.05) is 146 Å². The molecule has 4 nitrogen and oxygen atoms in total. The highest BCUT2D eigenvalue weighted by Crippen LogP contribution is 2.64. The Balaban J connectivity index is 1.24. The molecule has 0 atom stereocenters. The number of benzene rings is 7. The molecule has 9 aromatic rings. The van der Waals surface area contributed by atoms with Crippen LogP contribution < -0.4 is 4.90 Å². The van der Waals surface area contributed by atoms with Crippen LogP contribution in [0.15, 0.2) is 176 Å². The van der Waals surface area contributed by atoms with Crippen LogP contribution in [0.3, 0.4) is 0 Å². The second-order valence-electron chi connectivity index (χ2n) is 13.4. The quantitative estimate of drug-likeness (QED) is 0.207. The highest BCUT2D eigenvalue weighted by molar-refractivity contribution is 6.17. The van der Waals surface area contributed by atoms with Crippen LogP contribution in [0.5, 0.6) is 0 Å². The average molecular weight is 651 g/mol. The molecule has 0 radical (unpaired) electrons. The van der Waals surface area contributed by atoms with Gasteiger partial charge in [-0.15, -0.1) is 0 Å². The molecule has 7 aromatic carbocycles. The second kappa shape index (κ2) is 10.6. The Labute approximate surface area is 295 Å². The molecule has 0 saturated heterocycles. The first-order chi connectivity index (χ1) is 25.3. The minimum absolute atomic E-state index is 0.554. The maximum absolute atomic E-state index is 5.33. The summed E-state index contributed by atoms with van der Waals surface area (Å²) in [5.41, 5.74) is 15.3. The molecule has 1 N–H and O–H groups in total. The van der Waals surface area contributed by atoms with E-state index in [1.807, 2.05) is 12.1 Å². The molecule has 0 saturated carbocycles. The average Bonchev–Trinajstić information content (AvgIpc) is 3.73. The van der Waals surface area contributed by atoms with E-state index in [4.69, 9.17) is 9.97 Å². The molecule has 2 aromatic heterocycles. The zero-order valence-electron chi connectivity index (χ0n) is 27.6. The number of aromatic nitrogens is 3. The Kier molecular flexibility index (Phi) is 5.84. The number of H-pyrrole nitrogens is 1. The molecule has 1 aliphatic heterocycles. The standard InChI is InChI=1S/C47H30N4/c1-3-15-30(16-4-1)40-29-41(31-17-5-2-6-18-31)50-46(49-40)51-42-25-13-10-22-35(42)47(36-23-11-14-26-43(36)51)34-21-9-7-19-32(34)44-37(47)27-28-39-45(44)33-20-8-12-24-38(33)48-39/h1-29,48H. The van der Waals surface area contributed by atoms with E-state index < -0.39 is 5.41 Å².